The van der Waals surface area contributed by atoms with Crippen LogP contribution in [0.4, 0.5) is 0 Å². The third kappa shape index (κ3) is 11.1. The van der Waals surface area contributed by atoms with Crippen molar-refractivity contribution in [1.29, 1.82) is 0 Å². The second kappa shape index (κ2) is 29.8. The highest BCUT2D eigenvalue weighted by Crippen LogP contribution is 2.51. The number of nitrogens with zero attached hydrogens (tertiary/aromatic N) is 4. The Labute approximate surface area is 780 Å². The van der Waals surface area contributed by atoms with Gasteiger partial charge in [0.15, 0.2) is 0 Å². The molecule has 0 N–H and O–H groups in total. The van der Waals surface area contributed by atoms with Gasteiger partial charge in [0.25, 0.3) is 0 Å². The van der Waals surface area contributed by atoms with Gasteiger partial charge in [-0.15, -0.1) is 0 Å². The van der Waals surface area contributed by atoms with Crippen LogP contribution in [0.5, 0.6) is 0 Å². The lowest BCUT2D eigenvalue weighted by Crippen LogP contribution is -1.96. The van der Waals surface area contributed by atoms with Crippen molar-refractivity contribution in [2.45, 2.75) is 0 Å². The number of rotatable bonds is 5. The van der Waals surface area contributed by atoms with Gasteiger partial charge in [0.05, 0.1) is 44.1 Å². The number of hydrogen-bond donors (Lipinski definition) is 0. The summed E-state index contributed by atoms with van der Waals surface area (Å²) >= 11 is 0. The van der Waals surface area contributed by atoms with Gasteiger partial charge in [-0.3, -0.25) is 0 Å². The molecule has 4 heterocycles. The Balaban J connectivity index is 0.0000000999. The van der Waals surface area contributed by atoms with Gasteiger partial charge in [0, 0.05) is 65.8 Å². The Morgan fingerprint density at radius 2 is 0.235 bits per heavy atom. The first-order valence-corrected chi connectivity index (χ1v) is 47.2. The minimum atomic E-state index is 1.18. The lowest BCUT2D eigenvalue weighted by Gasteiger charge is -2.18. The standard InChI is InChI=1S/C50H30N2.C44H27N.C38H23N/c1-3-19-39-33(13-1)43-29-31(51-45-21-9-5-15-35(45)36-16-6-10-22-46(36)51)25-27-41(43)50-40-20-4-2-14-34(40)44-30-32(26-28-42(44)49(39)50)52-47-23-11-7-17-37(47)38-18-8-12-24-48(38)52;1-2-12-28(13-3-1)29-22-24-37-39(26-29)31-14-4-6-18-35(31)44-38-25-23-30(27-40(38)32-15-5-7-19-36(32)43(37)44)45-41-20-10-8-16-33(41)34-17-9-11-21-42(34)45;1-4-16-30-25(11-1)26-12-2-5-17-31(26)38-33-22-21-24(23-34(33)27-13-3-6-18-32(27)37(30)38)39-35-19-9-7-14-28(35)29-15-8-10-20-36(29)39/h1-30H;1-27H;1-23H. The van der Waals surface area contributed by atoms with E-state index in [0.717, 1.165) is 0 Å². The van der Waals surface area contributed by atoms with E-state index in [1.54, 1.807) is 0 Å². The van der Waals surface area contributed by atoms with E-state index in [1.165, 1.54) is 283 Å². The molecule has 0 bridgehead atoms. The minimum absolute atomic E-state index is 1.18. The minimum Gasteiger partial charge on any atom is -0.309 e. The maximum absolute atomic E-state index is 2.43. The quantitative estimate of drug-likeness (QED) is 0.153. The summed E-state index contributed by atoms with van der Waals surface area (Å²) in [5.74, 6) is 0. The zero-order chi connectivity index (χ0) is 88.9. The first kappa shape index (κ1) is 75.8. The Kier molecular flexibility index (Phi) is 16.6. The molecule has 4 aromatic heterocycles. The molecule has 4 heteroatoms. The molecule has 0 fully saturated rings. The topological polar surface area (TPSA) is 19.7 Å². The highest BCUT2D eigenvalue weighted by Gasteiger charge is 2.25. The molecule has 27 aromatic carbocycles. The van der Waals surface area contributed by atoms with Gasteiger partial charge in [-0.2, -0.15) is 0 Å². The molecule has 0 amide bonds. The fraction of sp³-hybridized carbons (Fsp3) is 0. The fourth-order valence-corrected chi connectivity index (χ4v) is 24.1. The Hall–Kier alpha value is -18.0. The van der Waals surface area contributed by atoms with Crippen molar-refractivity contribution in [3.63, 3.8) is 0 Å². The lowest BCUT2D eigenvalue weighted by atomic mass is 9.86. The molecule has 0 unspecified atom stereocenters. The van der Waals surface area contributed by atoms with Crippen LogP contribution in [0.1, 0.15) is 0 Å². The Bertz CT molecular complexity index is 10200. The smallest absolute Gasteiger partial charge is 0.0541 e. The molecule has 0 aliphatic rings. The van der Waals surface area contributed by atoms with Crippen LogP contribution in [-0.2, 0) is 0 Å². The van der Waals surface area contributed by atoms with E-state index in [9.17, 15) is 0 Å². The van der Waals surface area contributed by atoms with Crippen LogP contribution < -0.4 is 0 Å². The first-order chi connectivity index (χ1) is 67.6. The molecular formula is C132H80N4. The summed E-state index contributed by atoms with van der Waals surface area (Å²) in [5.41, 5.74) is 17.0. The van der Waals surface area contributed by atoms with Gasteiger partial charge in [-0.05, 0) is 276 Å². The van der Waals surface area contributed by atoms with Gasteiger partial charge in [0.2, 0.25) is 0 Å². The number of aromatic nitrogens is 4. The van der Waals surface area contributed by atoms with Crippen molar-refractivity contribution in [3.05, 3.63) is 485 Å². The van der Waals surface area contributed by atoms with Crippen LogP contribution in [-0.4, -0.2) is 18.3 Å². The predicted octanol–water partition coefficient (Wildman–Crippen LogP) is 36.4. The average molecular weight is 1720 g/mol. The molecule has 4 nitrogen and oxygen atoms in total. The van der Waals surface area contributed by atoms with Crippen LogP contribution in [0.15, 0.2) is 485 Å². The third-order valence-electron chi connectivity index (χ3n) is 29.7. The number of benzene rings is 27. The zero-order valence-electron chi connectivity index (χ0n) is 74.0. The molecule has 0 spiro atoms. The summed E-state index contributed by atoms with van der Waals surface area (Å²) in [6.45, 7) is 0. The third-order valence-corrected chi connectivity index (χ3v) is 29.7. The lowest BCUT2D eigenvalue weighted by molar-refractivity contribution is 1.19. The summed E-state index contributed by atoms with van der Waals surface area (Å²) < 4.78 is 9.70. The van der Waals surface area contributed by atoms with Crippen molar-refractivity contribution in [3.8, 4) is 33.9 Å². The van der Waals surface area contributed by atoms with E-state index in [-0.39, 0.29) is 0 Å². The number of para-hydroxylation sites is 8. The number of fused-ring (bicyclic) bond motifs is 45. The molecule has 0 radical (unpaired) electrons. The van der Waals surface area contributed by atoms with E-state index in [0.29, 0.717) is 0 Å². The molecular weight excluding hydrogens is 1640 g/mol. The van der Waals surface area contributed by atoms with E-state index in [1.807, 2.05) is 0 Å². The SMILES string of the molecule is c1ccc(-c2ccc3c(c2)c2ccccc2c2c4ccc(-n5c6ccccc6c6ccccc65)cc4c4ccccc4c32)cc1.c1ccc2c(c1)c1cc(-n3c4ccccc4c4ccccc43)ccc1c1c3ccccc3c3cc(-n4c5ccccc5c5ccccc54)ccc3c21.c1ccc2c(c1)c1ccccc1c1c3ccc(-n4c5ccccc5c5ccccc54)cc3c3ccccc3c21. The van der Waals surface area contributed by atoms with Crippen molar-refractivity contribution in [1.82, 2.24) is 18.3 Å². The second-order valence-corrected chi connectivity index (χ2v) is 36.6. The van der Waals surface area contributed by atoms with E-state index < -0.39 is 0 Å². The van der Waals surface area contributed by atoms with Crippen LogP contribution >= 0.6 is 0 Å². The normalized spacial score (nSPS) is 12.1. The van der Waals surface area contributed by atoms with Gasteiger partial charge < -0.3 is 18.3 Å². The molecule has 0 saturated heterocycles. The highest BCUT2D eigenvalue weighted by atomic mass is 15.0. The molecule has 31 aromatic rings. The van der Waals surface area contributed by atoms with Crippen molar-refractivity contribution >= 4 is 249 Å². The highest BCUT2D eigenvalue weighted by molar-refractivity contribution is 6.43. The average Bonchev–Trinajstić information content (AvgIpc) is 1.06. The molecule has 0 saturated carbocycles. The van der Waals surface area contributed by atoms with Crippen LogP contribution in [0.2, 0.25) is 0 Å². The summed E-state index contributed by atoms with van der Waals surface area (Å²) in [6, 6.07) is 179. The summed E-state index contributed by atoms with van der Waals surface area (Å²) in [6.07, 6.45) is 0. The predicted molar refractivity (Wildman–Crippen MR) is 585 cm³/mol. The van der Waals surface area contributed by atoms with Gasteiger partial charge in [-0.1, -0.05) is 382 Å². The van der Waals surface area contributed by atoms with Gasteiger partial charge in [-0.25, -0.2) is 0 Å². The number of hydrogen-bond acceptors (Lipinski definition) is 0. The van der Waals surface area contributed by atoms with Crippen LogP contribution in [0.25, 0.3) is 283 Å². The van der Waals surface area contributed by atoms with Crippen molar-refractivity contribution in [2.75, 3.05) is 0 Å². The van der Waals surface area contributed by atoms with E-state index in [4.69, 9.17) is 0 Å². The van der Waals surface area contributed by atoms with E-state index in [2.05, 4.69) is 504 Å². The monoisotopic (exact) mass is 1720 g/mol. The fourth-order valence-electron chi connectivity index (χ4n) is 24.1. The Morgan fingerprint density at radius 3 is 0.441 bits per heavy atom. The maximum Gasteiger partial charge on any atom is 0.0541 e. The van der Waals surface area contributed by atoms with Crippen LogP contribution in [0.3, 0.4) is 0 Å². The summed E-state index contributed by atoms with van der Waals surface area (Å²) in [5, 5.41) is 49.2. The first-order valence-electron chi connectivity index (χ1n) is 47.2. The van der Waals surface area contributed by atoms with Crippen LogP contribution in [0, 0.1) is 0 Å². The van der Waals surface area contributed by atoms with E-state index >= 15 is 0 Å². The summed E-state index contributed by atoms with van der Waals surface area (Å²) in [4.78, 5) is 0. The van der Waals surface area contributed by atoms with Gasteiger partial charge >= 0.3 is 0 Å². The molecule has 31 rings (SSSR count). The Morgan fingerprint density at radius 1 is 0.0882 bits per heavy atom. The zero-order valence-corrected chi connectivity index (χ0v) is 74.0. The van der Waals surface area contributed by atoms with Gasteiger partial charge in [0.1, 0.15) is 0 Å². The largest absolute Gasteiger partial charge is 0.309 e. The molecule has 0 aliphatic heterocycles. The molecule has 628 valence electrons. The molecule has 136 heavy (non-hydrogen) atoms. The molecule has 0 atom stereocenters. The molecule has 0 aliphatic carbocycles. The van der Waals surface area contributed by atoms with Crippen molar-refractivity contribution in [2.24, 2.45) is 0 Å². The van der Waals surface area contributed by atoms with Crippen molar-refractivity contribution < 1.29 is 0 Å². The second-order valence-electron chi connectivity index (χ2n) is 36.6. The summed E-state index contributed by atoms with van der Waals surface area (Å²) in [7, 11) is 0. The maximum atomic E-state index is 2.43.